The van der Waals surface area contributed by atoms with Gasteiger partial charge in [0, 0.05) is 10.9 Å². The molecule has 0 saturated carbocycles. The van der Waals surface area contributed by atoms with Gasteiger partial charge in [-0.1, -0.05) is 30.3 Å². The molecule has 4 nitrogen and oxygen atoms in total. The van der Waals surface area contributed by atoms with E-state index in [1.807, 2.05) is 5.32 Å². The minimum atomic E-state index is -4.63. The van der Waals surface area contributed by atoms with E-state index in [-0.39, 0.29) is 5.56 Å². The summed E-state index contributed by atoms with van der Waals surface area (Å²) in [6, 6.07) is 6.50. The van der Waals surface area contributed by atoms with Crippen LogP contribution in [0.1, 0.15) is 22.0 Å². The molecule has 2 amide bonds. The molecule has 1 atom stereocenters. The van der Waals surface area contributed by atoms with Gasteiger partial charge in [0.1, 0.15) is 0 Å². The van der Waals surface area contributed by atoms with Crippen LogP contribution in [0, 0.1) is 0 Å². The van der Waals surface area contributed by atoms with Gasteiger partial charge >= 0.3 is 6.18 Å². The second-order valence-corrected chi connectivity index (χ2v) is 5.43. The lowest BCUT2D eigenvalue weighted by Crippen LogP contribution is -2.43. The van der Waals surface area contributed by atoms with Crippen LogP contribution in [0.4, 0.5) is 13.2 Å². The molecule has 8 heteroatoms. The van der Waals surface area contributed by atoms with E-state index in [1.54, 1.807) is 22.9 Å². The summed E-state index contributed by atoms with van der Waals surface area (Å²) in [6.07, 6.45) is -4.63. The molecule has 0 unspecified atom stereocenters. The fraction of sp³-hybridized carbons (Fsp3) is 0.200. The minimum absolute atomic E-state index is 0.0717. The third-order valence-electron chi connectivity index (χ3n) is 2.96. The Labute approximate surface area is 134 Å². The molecule has 23 heavy (non-hydrogen) atoms. The maximum atomic E-state index is 13.1. The SMILES string of the molecule is O=C(CNC(=O)c1ccsc1)N[C@@H](c1ccccc1)C(F)(F)F. The van der Waals surface area contributed by atoms with E-state index in [0.29, 0.717) is 5.56 Å². The molecule has 0 aliphatic heterocycles. The van der Waals surface area contributed by atoms with Crippen LogP contribution in [0.25, 0.3) is 0 Å². The lowest BCUT2D eigenvalue weighted by Gasteiger charge is -2.22. The van der Waals surface area contributed by atoms with Gasteiger partial charge < -0.3 is 10.6 Å². The maximum Gasteiger partial charge on any atom is 0.412 e. The predicted octanol–water partition coefficient (Wildman–Crippen LogP) is 2.90. The molecule has 122 valence electrons. The number of carbonyl (C=O) groups is 2. The number of hydrogen-bond donors (Lipinski definition) is 2. The normalized spacial score (nSPS) is 12.5. The van der Waals surface area contributed by atoms with Crippen LogP contribution in [0.5, 0.6) is 0 Å². The number of benzene rings is 1. The van der Waals surface area contributed by atoms with Crippen LogP contribution in [0.15, 0.2) is 47.2 Å². The van der Waals surface area contributed by atoms with Crippen molar-refractivity contribution in [3.63, 3.8) is 0 Å². The van der Waals surface area contributed by atoms with E-state index in [9.17, 15) is 22.8 Å². The number of nitrogens with one attached hydrogen (secondary N) is 2. The van der Waals surface area contributed by atoms with Gasteiger partial charge in [-0.05, 0) is 17.0 Å². The summed E-state index contributed by atoms with van der Waals surface area (Å²) in [5, 5.41) is 7.44. The van der Waals surface area contributed by atoms with Gasteiger partial charge in [0.15, 0.2) is 6.04 Å². The Bertz CT molecular complexity index is 657. The summed E-state index contributed by atoms with van der Waals surface area (Å²) >= 11 is 1.30. The Morgan fingerprint density at radius 1 is 1.13 bits per heavy atom. The van der Waals surface area contributed by atoms with Crippen LogP contribution in [0.3, 0.4) is 0 Å². The molecule has 2 rings (SSSR count). The Kier molecular flexibility index (Phi) is 5.38. The van der Waals surface area contributed by atoms with E-state index in [1.165, 1.54) is 35.6 Å². The van der Waals surface area contributed by atoms with Crippen LogP contribution >= 0.6 is 11.3 Å². The monoisotopic (exact) mass is 342 g/mol. The van der Waals surface area contributed by atoms with Crippen molar-refractivity contribution < 1.29 is 22.8 Å². The second kappa shape index (κ2) is 7.28. The van der Waals surface area contributed by atoms with Gasteiger partial charge in [-0.2, -0.15) is 24.5 Å². The van der Waals surface area contributed by atoms with Gasteiger partial charge in [-0.15, -0.1) is 0 Å². The molecule has 0 aliphatic carbocycles. The Hall–Kier alpha value is -2.35. The number of alkyl halides is 3. The third-order valence-corrected chi connectivity index (χ3v) is 3.64. The molecule has 0 bridgehead atoms. The molecule has 0 aliphatic rings. The summed E-state index contributed by atoms with van der Waals surface area (Å²) in [4.78, 5) is 23.4. The average Bonchev–Trinajstić information content (AvgIpc) is 3.04. The summed E-state index contributed by atoms with van der Waals surface area (Å²) in [5.74, 6) is -1.43. The maximum absolute atomic E-state index is 13.1. The molecule has 1 heterocycles. The van der Waals surface area contributed by atoms with Crippen LogP contribution in [-0.2, 0) is 4.79 Å². The summed E-state index contributed by atoms with van der Waals surface area (Å²) in [6.45, 7) is -0.534. The Morgan fingerprint density at radius 3 is 2.39 bits per heavy atom. The van der Waals surface area contributed by atoms with Crippen molar-refractivity contribution in [2.24, 2.45) is 0 Å². The lowest BCUT2D eigenvalue weighted by molar-refractivity contribution is -0.163. The number of halogens is 3. The van der Waals surface area contributed by atoms with Gasteiger partial charge in [0.2, 0.25) is 5.91 Å². The molecule has 2 aromatic rings. The summed E-state index contributed by atoms with van der Waals surface area (Å²) in [5.41, 5.74) is 0.288. The van der Waals surface area contributed by atoms with E-state index in [0.717, 1.165) is 0 Å². The molecule has 1 aromatic heterocycles. The smallest absolute Gasteiger partial charge is 0.343 e. The highest BCUT2D eigenvalue weighted by Crippen LogP contribution is 2.32. The number of amides is 2. The Balaban J connectivity index is 1.97. The zero-order valence-corrected chi connectivity index (χ0v) is 12.6. The van der Waals surface area contributed by atoms with Crippen molar-refractivity contribution in [3.8, 4) is 0 Å². The van der Waals surface area contributed by atoms with Crippen molar-refractivity contribution in [1.29, 1.82) is 0 Å². The van der Waals surface area contributed by atoms with Crippen LogP contribution in [-0.4, -0.2) is 24.5 Å². The topological polar surface area (TPSA) is 58.2 Å². The zero-order valence-electron chi connectivity index (χ0n) is 11.8. The summed E-state index contributed by atoms with van der Waals surface area (Å²) in [7, 11) is 0. The lowest BCUT2D eigenvalue weighted by atomic mass is 10.1. The first kappa shape index (κ1) is 17.0. The van der Waals surface area contributed by atoms with Crippen molar-refractivity contribution in [1.82, 2.24) is 10.6 Å². The van der Waals surface area contributed by atoms with E-state index in [4.69, 9.17) is 0 Å². The van der Waals surface area contributed by atoms with Gasteiger partial charge in [0.25, 0.3) is 5.91 Å². The number of hydrogen-bond acceptors (Lipinski definition) is 3. The van der Waals surface area contributed by atoms with E-state index in [2.05, 4.69) is 5.32 Å². The Morgan fingerprint density at radius 2 is 1.83 bits per heavy atom. The fourth-order valence-electron chi connectivity index (χ4n) is 1.87. The highest BCUT2D eigenvalue weighted by atomic mass is 32.1. The molecular weight excluding hydrogens is 329 g/mol. The summed E-state index contributed by atoms with van der Waals surface area (Å²) < 4.78 is 39.3. The first-order valence-corrected chi connectivity index (χ1v) is 7.53. The largest absolute Gasteiger partial charge is 0.412 e. The van der Waals surface area contributed by atoms with Crippen LogP contribution in [0.2, 0.25) is 0 Å². The molecule has 0 radical (unpaired) electrons. The molecule has 1 aromatic carbocycles. The predicted molar refractivity (Wildman–Crippen MR) is 80.0 cm³/mol. The molecular formula is C15H13F3N2O2S. The first-order valence-electron chi connectivity index (χ1n) is 6.59. The number of thiophene rings is 1. The number of carbonyl (C=O) groups excluding carboxylic acids is 2. The highest BCUT2D eigenvalue weighted by molar-refractivity contribution is 7.08. The fourth-order valence-corrected chi connectivity index (χ4v) is 2.50. The first-order chi connectivity index (χ1) is 10.9. The molecule has 0 saturated heterocycles. The van der Waals surface area contributed by atoms with Gasteiger partial charge in [-0.25, -0.2) is 0 Å². The van der Waals surface area contributed by atoms with Gasteiger partial charge in [-0.3, -0.25) is 9.59 Å². The minimum Gasteiger partial charge on any atom is -0.343 e. The van der Waals surface area contributed by atoms with E-state index >= 15 is 0 Å². The van der Waals surface area contributed by atoms with Crippen molar-refractivity contribution in [3.05, 3.63) is 58.3 Å². The molecule has 0 spiro atoms. The zero-order chi connectivity index (χ0) is 16.9. The third kappa shape index (κ3) is 4.82. The second-order valence-electron chi connectivity index (χ2n) is 4.65. The van der Waals surface area contributed by atoms with Crippen molar-refractivity contribution in [2.75, 3.05) is 6.54 Å². The molecule has 0 fully saturated rings. The van der Waals surface area contributed by atoms with E-state index < -0.39 is 30.6 Å². The average molecular weight is 342 g/mol. The van der Waals surface area contributed by atoms with Crippen LogP contribution < -0.4 is 10.6 Å². The standard InChI is InChI=1S/C15H13F3N2O2S/c16-15(17,18)13(10-4-2-1-3-5-10)20-12(21)8-19-14(22)11-6-7-23-9-11/h1-7,9,13H,8H2,(H,19,22)(H,20,21)/t13-/m0/s1. The highest BCUT2D eigenvalue weighted by Gasteiger charge is 2.41. The van der Waals surface area contributed by atoms with Crippen molar-refractivity contribution >= 4 is 23.2 Å². The molecule has 2 N–H and O–H groups in total. The van der Waals surface area contributed by atoms with Crippen molar-refractivity contribution in [2.45, 2.75) is 12.2 Å². The number of rotatable bonds is 5. The quantitative estimate of drug-likeness (QED) is 0.878. The van der Waals surface area contributed by atoms with Gasteiger partial charge in [0.05, 0.1) is 6.54 Å².